The number of aromatic nitrogens is 2. The van der Waals surface area contributed by atoms with Crippen molar-refractivity contribution in [2.45, 2.75) is 25.9 Å². The van der Waals surface area contributed by atoms with Crippen LogP contribution in [0.3, 0.4) is 0 Å². The van der Waals surface area contributed by atoms with Crippen LogP contribution in [-0.4, -0.2) is 35.8 Å². The van der Waals surface area contributed by atoms with E-state index in [1.807, 2.05) is 13.0 Å². The molecule has 1 aromatic heterocycles. The van der Waals surface area contributed by atoms with Gasteiger partial charge in [0.2, 0.25) is 0 Å². The van der Waals surface area contributed by atoms with E-state index in [4.69, 9.17) is 4.74 Å². The highest BCUT2D eigenvalue weighted by Crippen LogP contribution is 2.15. The van der Waals surface area contributed by atoms with Crippen LogP contribution in [0.2, 0.25) is 0 Å². The van der Waals surface area contributed by atoms with Crippen molar-refractivity contribution >= 4 is 11.6 Å². The molecule has 5 heteroatoms. The van der Waals surface area contributed by atoms with E-state index in [0.717, 1.165) is 43.5 Å². The highest BCUT2D eigenvalue weighted by Gasteiger charge is 2.15. The van der Waals surface area contributed by atoms with Gasteiger partial charge in [-0.2, -0.15) is 0 Å². The number of aryl methyl sites for hydroxylation is 1. The van der Waals surface area contributed by atoms with Gasteiger partial charge in [0.25, 0.3) is 0 Å². The van der Waals surface area contributed by atoms with E-state index in [9.17, 15) is 0 Å². The Hall–Kier alpha value is -1.62. The Balaban J connectivity index is 1.93. The van der Waals surface area contributed by atoms with E-state index >= 15 is 0 Å². The van der Waals surface area contributed by atoms with Gasteiger partial charge in [-0.05, 0) is 19.8 Å². The van der Waals surface area contributed by atoms with Crippen molar-refractivity contribution in [1.29, 1.82) is 0 Å². The largest absolute Gasteiger partial charge is 0.376 e. The third-order valence-corrected chi connectivity index (χ3v) is 2.80. The molecule has 1 aromatic rings. The highest BCUT2D eigenvalue weighted by molar-refractivity contribution is 5.47. The van der Waals surface area contributed by atoms with Crippen molar-refractivity contribution in [3.63, 3.8) is 0 Å². The fourth-order valence-electron chi connectivity index (χ4n) is 1.95. The van der Waals surface area contributed by atoms with E-state index in [1.54, 1.807) is 6.08 Å². The summed E-state index contributed by atoms with van der Waals surface area (Å²) in [5.74, 6) is 2.40. The first-order valence-corrected chi connectivity index (χ1v) is 6.34. The maximum Gasteiger partial charge on any atom is 0.132 e. The van der Waals surface area contributed by atoms with E-state index in [0.29, 0.717) is 12.6 Å². The summed E-state index contributed by atoms with van der Waals surface area (Å²) in [6, 6.07) is 1.91. The average Bonchev–Trinajstić information content (AvgIpc) is 2.86. The molecule has 1 saturated heterocycles. The van der Waals surface area contributed by atoms with Crippen molar-refractivity contribution < 1.29 is 4.74 Å². The van der Waals surface area contributed by atoms with Gasteiger partial charge in [0.1, 0.15) is 17.5 Å². The number of hydrogen-bond acceptors (Lipinski definition) is 5. The van der Waals surface area contributed by atoms with Gasteiger partial charge in [-0.25, -0.2) is 9.97 Å². The van der Waals surface area contributed by atoms with Crippen LogP contribution in [-0.2, 0) is 4.74 Å². The molecular weight excluding hydrogens is 228 g/mol. The van der Waals surface area contributed by atoms with Crippen LogP contribution in [0.25, 0.3) is 0 Å². The van der Waals surface area contributed by atoms with Gasteiger partial charge in [0.05, 0.1) is 6.10 Å². The molecule has 0 aliphatic carbocycles. The Morgan fingerprint density at radius 1 is 1.44 bits per heavy atom. The summed E-state index contributed by atoms with van der Waals surface area (Å²) in [5.41, 5.74) is 0. The normalized spacial score (nSPS) is 18.6. The summed E-state index contributed by atoms with van der Waals surface area (Å²) >= 11 is 0. The molecule has 2 heterocycles. The molecule has 0 amide bonds. The van der Waals surface area contributed by atoms with E-state index in [-0.39, 0.29) is 0 Å². The van der Waals surface area contributed by atoms with Crippen molar-refractivity contribution in [1.82, 2.24) is 9.97 Å². The lowest BCUT2D eigenvalue weighted by Crippen LogP contribution is -2.19. The first-order valence-electron chi connectivity index (χ1n) is 6.34. The lowest BCUT2D eigenvalue weighted by Gasteiger charge is -2.12. The predicted octanol–water partition coefficient (Wildman–Crippen LogP) is 1.97. The lowest BCUT2D eigenvalue weighted by atomic mass is 10.2. The summed E-state index contributed by atoms with van der Waals surface area (Å²) in [5, 5.41) is 6.47. The topological polar surface area (TPSA) is 59.1 Å². The number of nitrogens with zero attached hydrogens (tertiary/aromatic N) is 2. The van der Waals surface area contributed by atoms with Gasteiger partial charge in [-0.1, -0.05) is 6.08 Å². The molecule has 1 aliphatic heterocycles. The Bertz CT molecular complexity index is 402. The van der Waals surface area contributed by atoms with Gasteiger partial charge < -0.3 is 15.4 Å². The summed E-state index contributed by atoms with van der Waals surface area (Å²) < 4.78 is 5.57. The average molecular weight is 248 g/mol. The number of ether oxygens (including phenoxy) is 1. The quantitative estimate of drug-likeness (QED) is 0.754. The SMILES string of the molecule is C=CCNc1cc(NCC2CCCO2)nc(C)n1. The van der Waals surface area contributed by atoms with Crippen LogP contribution in [0.4, 0.5) is 11.6 Å². The molecule has 1 unspecified atom stereocenters. The molecule has 0 radical (unpaired) electrons. The van der Waals surface area contributed by atoms with Gasteiger partial charge in [0.15, 0.2) is 0 Å². The van der Waals surface area contributed by atoms with Crippen molar-refractivity contribution in [3.8, 4) is 0 Å². The first-order chi connectivity index (χ1) is 8.78. The molecule has 18 heavy (non-hydrogen) atoms. The minimum absolute atomic E-state index is 0.310. The van der Waals surface area contributed by atoms with Crippen molar-refractivity contribution in [3.05, 3.63) is 24.5 Å². The number of rotatable bonds is 6. The highest BCUT2D eigenvalue weighted by atomic mass is 16.5. The second-order valence-corrected chi connectivity index (χ2v) is 4.37. The fourth-order valence-corrected chi connectivity index (χ4v) is 1.95. The van der Waals surface area contributed by atoms with Crippen molar-refractivity contribution in [2.75, 3.05) is 30.3 Å². The minimum Gasteiger partial charge on any atom is -0.376 e. The molecule has 0 spiro atoms. The van der Waals surface area contributed by atoms with Crippen LogP contribution in [0.1, 0.15) is 18.7 Å². The summed E-state index contributed by atoms with van der Waals surface area (Å²) in [6.45, 7) is 7.93. The Morgan fingerprint density at radius 2 is 2.22 bits per heavy atom. The van der Waals surface area contributed by atoms with Gasteiger partial charge in [0, 0.05) is 25.8 Å². The molecule has 0 saturated carbocycles. The van der Waals surface area contributed by atoms with Crippen LogP contribution in [0.5, 0.6) is 0 Å². The molecule has 1 fully saturated rings. The molecule has 5 nitrogen and oxygen atoms in total. The Labute approximate surface area is 108 Å². The zero-order valence-electron chi connectivity index (χ0n) is 10.8. The summed E-state index contributed by atoms with van der Waals surface area (Å²) in [4.78, 5) is 8.67. The van der Waals surface area contributed by atoms with E-state index in [2.05, 4.69) is 27.2 Å². The van der Waals surface area contributed by atoms with Crippen LogP contribution in [0, 0.1) is 6.92 Å². The van der Waals surface area contributed by atoms with Crippen LogP contribution < -0.4 is 10.6 Å². The van der Waals surface area contributed by atoms with Gasteiger partial charge in [-0.3, -0.25) is 0 Å². The molecule has 2 N–H and O–H groups in total. The smallest absolute Gasteiger partial charge is 0.132 e. The Kier molecular flexibility index (Phi) is 4.52. The van der Waals surface area contributed by atoms with Crippen LogP contribution >= 0.6 is 0 Å². The minimum atomic E-state index is 0.310. The zero-order chi connectivity index (χ0) is 12.8. The molecule has 0 aromatic carbocycles. The molecule has 1 atom stereocenters. The zero-order valence-corrected chi connectivity index (χ0v) is 10.8. The first kappa shape index (κ1) is 12.8. The summed E-state index contributed by atoms with van der Waals surface area (Å²) in [7, 11) is 0. The third-order valence-electron chi connectivity index (χ3n) is 2.80. The number of anilines is 2. The van der Waals surface area contributed by atoms with Crippen LogP contribution in [0.15, 0.2) is 18.7 Å². The van der Waals surface area contributed by atoms with Gasteiger partial charge in [-0.15, -0.1) is 6.58 Å². The van der Waals surface area contributed by atoms with E-state index < -0.39 is 0 Å². The van der Waals surface area contributed by atoms with E-state index in [1.165, 1.54) is 0 Å². The Morgan fingerprint density at radius 3 is 2.89 bits per heavy atom. The third kappa shape index (κ3) is 3.70. The molecule has 2 rings (SSSR count). The molecular formula is C13H20N4O. The maximum atomic E-state index is 5.57. The maximum absolute atomic E-state index is 5.57. The lowest BCUT2D eigenvalue weighted by molar-refractivity contribution is 0.120. The molecule has 0 bridgehead atoms. The standard InChI is InChI=1S/C13H20N4O/c1-3-6-14-12-8-13(17-10(2)16-12)15-9-11-5-4-7-18-11/h3,8,11H,1,4-7,9H2,2H3,(H2,14,15,16,17). The predicted molar refractivity (Wildman–Crippen MR) is 72.9 cm³/mol. The van der Waals surface area contributed by atoms with Gasteiger partial charge >= 0.3 is 0 Å². The summed E-state index contributed by atoms with van der Waals surface area (Å²) in [6.07, 6.45) is 4.39. The monoisotopic (exact) mass is 248 g/mol. The second kappa shape index (κ2) is 6.35. The number of nitrogens with one attached hydrogen (secondary N) is 2. The second-order valence-electron chi connectivity index (χ2n) is 4.37. The number of hydrogen-bond donors (Lipinski definition) is 2. The van der Waals surface area contributed by atoms with Crippen molar-refractivity contribution in [2.24, 2.45) is 0 Å². The molecule has 1 aliphatic rings. The fraction of sp³-hybridized carbons (Fsp3) is 0.538. The molecule has 98 valence electrons.